The SMILES string of the molecule is COCCNC(=O)Nc1cccc(NC(=O)C2CC2)c1. The Morgan fingerprint density at radius 2 is 1.95 bits per heavy atom. The topological polar surface area (TPSA) is 79.5 Å². The van der Waals surface area contributed by atoms with E-state index in [1.807, 2.05) is 0 Å². The van der Waals surface area contributed by atoms with Crippen LogP contribution in [0.25, 0.3) is 0 Å². The van der Waals surface area contributed by atoms with Gasteiger partial charge in [0.15, 0.2) is 0 Å². The zero-order chi connectivity index (χ0) is 14.4. The highest BCUT2D eigenvalue weighted by atomic mass is 16.5. The van der Waals surface area contributed by atoms with Crippen LogP contribution in [-0.2, 0) is 9.53 Å². The van der Waals surface area contributed by atoms with Crippen molar-refractivity contribution in [3.05, 3.63) is 24.3 Å². The summed E-state index contributed by atoms with van der Waals surface area (Å²) in [7, 11) is 1.58. The van der Waals surface area contributed by atoms with Crippen LogP contribution in [-0.4, -0.2) is 32.2 Å². The second-order valence-electron chi connectivity index (χ2n) is 4.72. The third-order valence-corrected chi connectivity index (χ3v) is 2.93. The summed E-state index contributed by atoms with van der Waals surface area (Å²) < 4.78 is 4.84. The minimum atomic E-state index is -0.298. The molecule has 3 amide bonds. The first-order valence-electron chi connectivity index (χ1n) is 6.64. The van der Waals surface area contributed by atoms with Crippen molar-refractivity contribution in [3.63, 3.8) is 0 Å². The number of hydrogen-bond acceptors (Lipinski definition) is 3. The molecule has 0 spiro atoms. The molecule has 3 N–H and O–H groups in total. The lowest BCUT2D eigenvalue weighted by atomic mass is 10.2. The Kier molecular flexibility index (Phi) is 4.95. The maximum absolute atomic E-state index is 11.7. The molecule has 1 aromatic carbocycles. The molecule has 0 radical (unpaired) electrons. The molecule has 1 aliphatic carbocycles. The van der Waals surface area contributed by atoms with E-state index in [0.717, 1.165) is 12.8 Å². The quantitative estimate of drug-likeness (QED) is 0.694. The summed E-state index contributed by atoms with van der Waals surface area (Å²) in [5.41, 5.74) is 1.32. The van der Waals surface area contributed by atoms with E-state index in [4.69, 9.17) is 4.74 Å². The van der Waals surface area contributed by atoms with Crippen LogP contribution in [0.1, 0.15) is 12.8 Å². The second-order valence-corrected chi connectivity index (χ2v) is 4.72. The average molecular weight is 277 g/mol. The highest BCUT2D eigenvalue weighted by Gasteiger charge is 2.29. The number of methoxy groups -OCH3 is 1. The van der Waals surface area contributed by atoms with Crippen LogP contribution in [0.5, 0.6) is 0 Å². The van der Waals surface area contributed by atoms with Gasteiger partial charge < -0.3 is 20.7 Å². The first-order chi connectivity index (χ1) is 9.69. The number of rotatable bonds is 6. The van der Waals surface area contributed by atoms with Gasteiger partial charge in [0.2, 0.25) is 5.91 Å². The lowest BCUT2D eigenvalue weighted by Crippen LogP contribution is -2.31. The van der Waals surface area contributed by atoms with Gasteiger partial charge >= 0.3 is 6.03 Å². The van der Waals surface area contributed by atoms with Gasteiger partial charge in [0.05, 0.1) is 6.61 Å². The van der Waals surface area contributed by atoms with E-state index in [-0.39, 0.29) is 17.9 Å². The molecule has 108 valence electrons. The van der Waals surface area contributed by atoms with E-state index in [1.165, 1.54) is 0 Å². The van der Waals surface area contributed by atoms with Crippen molar-refractivity contribution in [1.29, 1.82) is 0 Å². The molecule has 0 atom stereocenters. The van der Waals surface area contributed by atoms with Gasteiger partial charge in [0.25, 0.3) is 0 Å². The van der Waals surface area contributed by atoms with Crippen molar-refractivity contribution < 1.29 is 14.3 Å². The summed E-state index contributed by atoms with van der Waals surface area (Å²) in [5, 5.41) is 8.20. The van der Waals surface area contributed by atoms with E-state index < -0.39 is 0 Å². The Labute approximate surface area is 117 Å². The number of ether oxygens (including phenoxy) is 1. The first kappa shape index (κ1) is 14.3. The Hall–Kier alpha value is -2.08. The molecule has 20 heavy (non-hydrogen) atoms. The first-order valence-corrected chi connectivity index (χ1v) is 6.64. The average Bonchev–Trinajstić information content (AvgIpc) is 3.23. The Balaban J connectivity index is 1.85. The van der Waals surface area contributed by atoms with Crippen molar-refractivity contribution in [2.45, 2.75) is 12.8 Å². The van der Waals surface area contributed by atoms with E-state index in [9.17, 15) is 9.59 Å². The molecule has 6 heteroatoms. The second kappa shape index (κ2) is 6.91. The zero-order valence-electron chi connectivity index (χ0n) is 11.4. The van der Waals surface area contributed by atoms with Crippen LogP contribution in [0.2, 0.25) is 0 Å². The van der Waals surface area contributed by atoms with E-state index in [0.29, 0.717) is 24.5 Å². The van der Waals surface area contributed by atoms with Crippen LogP contribution in [0.15, 0.2) is 24.3 Å². The number of amides is 3. The molecule has 0 bridgehead atoms. The molecular weight excluding hydrogens is 258 g/mol. The molecule has 6 nitrogen and oxygen atoms in total. The summed E-state index contributed by atoms with van der Waals surface area (Å²) in [5.74, 6) is 0.204. The van der Waals surface area contributed by atoms with Gasteiger partial charge in [-0.1, -0.05) is 6.07 Å². The molecule has 0 saturated heterocycles. The normalized spacial score (nSPS) is 13.7. The lowest BCUT2D eigenvalue weighted by molar-refractivity contribution is -0.117. The van der Waals surface area contributed by atoms with Gasteiger partial charge in [0, 0.05) is 30.9 Å². The van der Waals surface area contributed by atoms with Crippen LogP contribution in [0.4, 0.5) is 16.2 Å². The summed E-state index contributed by atoms with van der Waals surface area (Å²) in [6.07, 6.45) is 1.93. The fraction of sp³-hybridized carbons (Fsp3) is 0.429. The highest BCUT2D eigenvalue weighted by Crippen LogP contribution is 2.30. The number of urea groups is 1. The predicted octanol–water partition coefficient (Wildman–Crippen LogP) is 1.80. The molecule has 1 saturated carbocycles. The standard InChI is InChI=1S/C14H19N3O3/c1-20-8-7-15-14(19)17-12-4-2-3-11(9-12)16-13(18)10-5-6-10/h2-4,9-10H,5-8H2,1H3,(H,16,18)(H2,15,17,19). The van der Waals surface area contributed by atoms with Crippen molar-refractivity contribution in [1.82, 2.24) is 5.32 Å². The molecule has 0 aliphatic heterocycles. The lowest BCUT2D eigenvalue weighted by Gasteiger charge is -2.09. The number of carbonyl (C=O) groups is 2. The van der Waals surface area contributed by atoms with Gasteiger partial charge in [-0.25, -0.2) is 4.79 Å². The highest BCUT2D eigenvalue weighted by molar-refractivity contribution is 5.95. The van der Waals surface area contributed by atoms with E-state index in [1.54, 1.807) is 31.4 Å². The Bertz CT molecular complexity index is 486. The van der Waals surface area contributed by atoms with Gasteiger partial charge in [0.1, 0.15) is 0 Å². The maximum Gasteiger partial charge on any atom is 0.319 e. The number of benzene rings is 1. The van der Waals surface area contributed by atoms with Crippen molar-refractivity contribution in [2.24, 2.45) is 5.92 Å². The zero-order valence-corrected chi connectivity index (χ0v) is 11.4. The fourth-order valence-electron chi connectivity index (χ4n) is 1.71. The molecule has 1 aromatic rings. The van der Waals surface area contributed by atoms with Gasteiger partial charge in [-0.2, -0.15) is 0 Å². The van der Waals surface area contributed by atoms with Crippen LogP contribution >= 0.6 is 0 Å². The minimum Gasteiger partial charge on any atom is -0.383 e. The Morgan fingerprint density at radius 3 is 2.60 bits per heavy atom. The third-order valence-electron chi connectivity index (χ3n) is 2.93. The third kappa shape index (κ3) is 4.55. The van der Waals surface area contributed by atoms with Crippen LogP contribution < -0.4 is 16.0 Å². The number of anilines is 2. The molecule has 1 aliphatic rings. The van der Waals surface area contributed by atoms with E-state index in [2.05, 4.69) is 16.0 Å². The van der Waals surface area contributed by atoms with Gasteiger partial charge in [-0.3, -0.25) is 4.79 Å². The largest absolute Gasteiger partial charge is 0.383 e. The maximum atomic E-state index is 11.7. The minimum absolute atomic E-state index is 0.0479. The molecule has 0 heterocycles. The predicted molar refractivity (Wildman–Crippen MR) is 76.7 cm³/mol. The molecule has 0 unspecified atom stereocenters. The number of carbonyl (C=O) groups excluding carboxylic acids is 2. The molecule has 1 fully saturated rings. The van der Waals surface area contributed by atoms with Crippen molar-refractivity contribution >= 4 is 23.3 Å². The van der Waals surface area contributed by atoms with E-state index >= 15 is 0 Å². The fourth-order valence-corrected chi connectivity index (χ4v) is 1.71. The van der Waals surface area contributed by atoms with Gasteiger partial charge in [-0.05, 0) is 31.0 Å². The summed E-state index contributed by atoms with van der Waals surface area (Å²) in [4.78, 5) is 23.2. The van der Waals surface area contributed by atoms with Crippen LogP contribution in [0.3, 0.4) is 0 Å². The van der Waals surface area contributed by atoms with Crippen LogP contribution in [0, 0.1) is 5.92 Å². The summed E-state index contributed by atoms with van der Waals surface area (Å²) >= 11 is 0. The number of hydrogen-bond donors (Lipinski definition) is 3. The molecular formula is C14H19N3O3. The Morgan fingerprint density at radius 1 is 1.25 bits per heavy atom. The summed E-state index contributed by atoms with van der Waals surface area (Å²) in [6.45, 7) is 0.908. The van der Waals surface area contributed by atoms with Crippen molar-refractivity contribution in [2.75, 3.05) is 30.9 Å². The molecule has 2 rings (SSSR count). The monoisotopic (exact) mass is 277 g/mol. The van der Waals surface area contributed by atoms with Crippen molar-refractivity contribution in [3.8, 4) is 0 Å². The number of nitrogens with one attached hydrogen (secondary N) is 3. The summed E-state index contributed by atoms with van der Waals surface area (Å²) in [6, 6.07) is 6.79. The van der Waals surface area contributed by atoms with Gasteiger partial charge in [-0.15, -0.1) is 0 Å². The smallest absolute Gasteiger partial charge is 0.319 e. The molecule has 0 aromatic heterocycles.